The van der Waals surface area contributed by atoms with Crippen LogP contribution >= 0.6 is 0 Å². The van der Waals surface area contributed by atoms with E-state index in [1.54, 1.807) is 6.07 Å². The second-order valence-electron chi connectivity index (χ2n) is 3.67. The third-order valence-electron chi connectivity index (χ3n) is 2.32. The number of carbonyl (C=O) groups excluding carboxylic acids is 1. The number of aliphatic hydroxyl groups excluding tert-OH is 1. The van der Waals surface area contributed by atoms with Crippen molar-refractivity contribution in [2.75, 3.05) is 13.7 Å². The van der Waals surface area contributed by atoms with E-state index in [0.717, 1.165) is 0 Å². The van der Waals surface area contributed by atoms with Crippen LogP contribution in [0.2, 0.25) is 0 Å². The Bertz CT molecular complexity index is 393. The lowest BCUT2D eigenvalue weighted by molar-refractivity contribution is -0.128. The molecule has 0 saturated carbocycles. The topological polar surface area (TPSA) is 58.6 Å². The number of methoxy groups -OCH3 is 1. The van der Waals surface area contributed by atoms with Gasteiger partial charge in [-0.2, -0.15) is 0 Å². The summed E-state index contributed by atoms with van der Waals surface area (Å²) in [6.45, 7) is 1.71. The lowest BCUT2D eigenvalue weighted by Gasteiger charge is -2.10. The van der Waals surface area contributed by atoms with Crippen molar-refractivity contribution >= 4 is 5.91 Å². The lowest BCUT2D eigenvalue weighted by atomic mass is 10.1. The Morgan fingerprint density at radius 2 is 2.29 bits per heavy atom. The van der Waals surface area contributed by atoms with Gasteiger partial charge in [0.2, 0.25) is 5.91 Å². The molecule has 0 aliphatic heterocycles. The van der Waals surface area contributed by atoms with Gasteiger partial charge in [-0.3, -0.25) is 4.79 Å². The van der Waals surface area contributed by atoms with Gasteiger partial charge in [-0.05, 0) is 37.1 Å². The standard InChI is InChI=1S/C12H16FNO3/c1-8(15)12(16)14-6-5-9-7-10(13)3-4-11(9)17-2/h3-4,7-8,15H,5-6H2,1-2H3,(H,14,16). The lowest BCUT2D eigenvalue weighted by Crippen LogP contribution is -2.33. The predicted octanol–water partition coefficient (Wildman–Crippen LogP) is 0.874. The van der Waals surface area contributed by atoms with Crippen LogP contribution < -0.4 is 10.1 Å². The molecule has 1 atom stereocenters. The Labute approximate surface area is 99.4 Å². The summed E-state index contributed by atoms with van der Waals surface area (Å²) < 4.78 is 18.1. The van der Waals surface area contributed by atoms with Crippen LogP contribution in [0.5, 0.6) is 5.75 Å². The summed E-state index contributed by atoms with van der Waals surface area (Å²) in [5.74, 6) is -0.208. The first-order chi connectivity index (χ1) is 8.04. The van der Waals surface area contributed by atoms with Gasteiger partial charge in [0.15, 0.2) is 0 Å². The van der Waals surface area contributed by atoms with Crippen molar-refractivity contribution in [3.8, 4) is 5.75 Å². The maximum absolute atomic E-state index is 13.0. The van der Waals surface area contributed by atoms with Crippen LogP contribution in [0.4, 0.5) is 4.39 Å². The number of aliphatic hydroxyl groups is 1. The van der Waals surface area contributed by atoms with Gasteiger partial charge in [-0.15, -0.1) is 0 Å². The fourth-order valence-electron chi connectivity index (χ4n) is 1.41. The summed E-state index contributed by atoms with van der Waals surface area (Å²) in [5.41, 5.74) is 0.679. The fourth-order valence-corrected chi connectivity index (χ4v) is 1.41. The zero-order valence-electron chi connectivity index (χ0n) is 9.87. The molecule has 0 bridgehead atoms. The summed E-state index contributed by atoms with van der Waals surface area (Å²) in [7, 11) is 1.51. The minimum atomic E-state index is -1.04. The molecule has 1 aromatic rings. The van der Waals surface area contributed by atoms with Crippen molar-refractivity contribution in [3.63, 3.8) is 0 Å². The summed E-state index contributed by atoms with van der Waals surface area (Å²) in [4.78, 5) is 11.1. The summed E-state index contributed by atoms with van der Waals surface area (Å²) in [5, 5.41) is 11.5. The second-order valence-corrected chi connectivity index (χ2v) is 3.67. The Hall–Kier alpha value is -1.62. The monoisotopic (exact) mass is 241 g/mol. The first-order valence-electron chi connectivity index (χ1n) is 5.32. The van der Waals surface area contributed by atoms with Gasteiger partial charge >= 0.3 is 0 Å². The highest BCUT2D eigenvalue weighted by atomic mass is 19.1. The highest BCUT2D eigenvalue weighted by molar-refractivity contribution is 5.79. The number of carbonyl (C=O) groups is 1. The molecule has 0 aromatic heterocycles. The fraction of sp³-hybridized carbons (Fsp3) is 0.417. The molecular formula is C12H16FNO3. The Balaban J connectivity index is 2.56. The first kappa shape index (κ1) is 13.4. The van der Waals surface area contributed by atoms with E-state index in [4.69, 9.17) is 9.84 Å². The van der Waals surface area contributed by atoms with E-state index < -0.39 is 12.0 Å². The molecule has 17 heavy (non-hydrogen) atoms. The molecule has 1 amide bonds. The SMILES string of the molecule is COc1ccc(F)cc1CCNC(=O)C(C)O. The molecule has 1 unspecified atom stereocenters. The Morgan fingerprint density at radius 3 is 2.88 bits per heavy atom. The maximum atomic E-state index is 13.0. The molecule has 0 aliphatic rings. The van der Waals surface area contributed by atoms with Crippen molar-refractivity contribution in [3.05, 3.63) is 29.6 Å². The smallest absolute Gasteiger partial charge is 0.248 e. The number of rotatable bonds is 5. The molecule has 0 saturated heterocycles. The third kappa shape index (κ3) is 4.03. The van der Waals surface area contributed by atoms with E-state index in [-0.39, 0.29) is 5.82 Å². The molecule has 0 radical (unpaired) electrons. The molecule has 1 aromatic carbocycles. The highest BCUT2D eigenvalue weighted by Crippen LogP contribution is 2.19. The number of hydrogen-bond donors (Lipinski definition) is 2. The van der Waals surface area contributed by atoms with E-state index in [1.807, 2.05) is 0 Å². The van der Waals surface area contributed by atoms with Crippen LogP contribution in [-0.4, -0.2) is 30.8 Å². The van der Waals surface area contributed by atoms with E-state index in [9.17, 15) is 9.18 Å². The van der Waals surface area contributed by atoms with Gasteiger partial charge in [0.1, 0.15) is 17.7 Å². The number of halogens is 1. The van der Waals surface area contributed by atoms with Gasteiger partial charge in [0, 0.05) is 6.54 Å². The zero-order chi connectivity index (χ0) is 12.8. The molecule has 4 nitrogen and oxygen atoms in total. The molecule has 5 heteroatoms. The molecule has 1 rings (SSSR count). The van der Waals surface area contributed by atoms with Crippen LogP contribution in [0.15, 0.2) is 18.2 Å². The molecule has 0 heterocycles. The van der Waals surface area contributed by atoms with Gasteiger partial charge in [0.25, 0.3) is 0 Å². The normalized spacial score (nSPS) is 12.0. The number of ether oxygens (including phenoxy) is 1. The van der Waals surface area contributed by atoms with Gasteiger partial charge in [0.05, 0.1) is 7.11 Å². The average molecular weight is 241 g/mol. The van der Waals surface area contributed by atoms with Crippen LogP contribution in [-0.2, 0) is 11.2 Å². The van der Waals surface area contributed by atoms with Crippen molar-refractivity contribution < 1.29 is 19.0 Å². The predicted molar refractivity (Wildman–Crippen MR) is 61.3 cm³/mol. The van der Waals surface area contributed by atoms with Gasteiger partial charge in [-0.25, -0.2) is 4.39 Å². The van der Waals surface area contributed by atoms with E-state index >= 15 is 0 Å². The van der Waals surface area contributed by atoms with Gasteiger partial charge < -0.3 is 15.2 Å². The number of benzene rings is 1. The van der Waals surface area contributed by atoms with Crippen molar-refractivity contribution in [1.82, 2.24) is 5.32 Å². The van der Waals surface area contributed by atoms with E-state index in [1.165, 1.54) is 26.2 Å². The number of nitrogens with one attached hydrogen (secondary N) is 1. The van der Waals surface area contributed by atoms with Crippen molar-refractivity contribution in [2.24, 2.45) is 0 Å². The van der Waals surface area contributed by atoms with Crippen LogP contribution in [0, 0.1) is 5.82 Å². The molecule has 2 N–H and O–H groups in total. The summed E-state index contributed by atoms with van der Waals surface area (Å²) in [6.07, 6.45) is -0.594. The molecule has 0 aliphatic carbocycles. The summed E-state index contributed by atoms with van der Waals surface area (Å²) in [6, 6.07) is 4.23. The second kappa shape index (κ2) is 6.20. The Kier molecular flexibility index (Phi) is 4.90. The van der Waals surface area contributed by atoms with Crippen molar-refractivity contribution in [2.45, 2.75) is 19.4 Å². The minimum Gasteiger partial charge on any atom is -0.496 e. The van der Waals surface area contributed by atoms with Gasteiger partial charge in [-0.1, -0.05) is 0 Å². The Morgan fingerprint density at radius 1 is 1.59 bits per heavy atom. The average Bonchev–Trinajstić information content (AvgIpc) is 2.29. The number of amides is 1. The molecule has 0 fully saturated rings. The molecular weight excluding hydrogens is 225 g/mol. The van der Waals surface area contributed by atoms with Crippen LogP contribution in [0.1, 0.15) is 12.5 Å². The minimum absolute atomic E-state index is 0.323. The van der Waals surface area contributed by atoms with E-state index in [2.05, 4.69) is 5.32 Å². The molecule has 94 valence electrons. The first-order valence-corrected chi connectivity index (χ1v) is 5.32. The van der Waals surface area contributed by atoms with Crippen LogP contribution in [0.3, 0.4) is 0 Å². The molecule has 0 spiro atoms. The number of hydrogen-bond acceptors (Lipinski definition) is 3. The van der Waals surface area contributed by atoms with E-state index in [0.29, 0.717) is 24.3 Å². The maximum Gasteiger partial charge on any atom is 0.248 e. The largest absolute Gasteiger partial charge is 0.496 e. The quantitative estimate of drug-likeness (QED) is 0.804. The third-order valence-corrected chi connectivity index (χ3v) is 2.32. The zero-order valence-corrected chi connectivity index (χ0v) is 9.87. The van der Waals surface area contributed by atoms with Crippen LogP contribution in [0.25, 0.3) is 0 Å². The summed E-state index contributed by atoms with van der Waals surface area (Å²) >= 11 is 0. The highest BCUT2D eigenvalue weighted by Gasteiger charge is 2.09. The van der Waals surface area contributed by atoms with Crippen molar-refractivity contribution in [1.29, 1.82) is 0 Å².